The van der Waals surface area contributed by atoms with Gasteiger partial charge >= 0.3 is 0 Å². The summed E-state index contributed by atoms with van der Waals surface area (Å²) >= 11 is 0. The van der Waals surface area contributed by atoms with Gasteiger partial charge in [0.05, 0.1) is 11.6 Å². The topological polar surface area (TPSA) is 49.8 Å². The predicted octanol–water partition coefficient (Wildman–Crippen LogP) is 2.28. The maximum atomic E-state index is 8.79. The van der Waals surface area contributed by atoms with Crippen molar-refractivity contribution in [3.63, 3.8) is 0 Å². The van der Waals surface area contributed by atoms with E-state index < -0.39 is 0 Å². The van der Waals surface area contributed by atoms with Crippen molar-refractivity contribution >= 4 is 0 Å². The predicted molar refractivity (Wildman–Crippen MR) is 55.5 cm³/mol. The van der Waals surface area contributed by atoms with Crippen LogP contribution in [0.4, 0.5) is 0 Å². The number of hydrogen-bond donors (Lipinski definition) is 1. The molecule has 1 saturated carbocycles. The molecule has 2 heteroatoms. The standard InChI is InChI=1S/C12H14N2/c1-8-6-10(4-5-11(8)7-13)12(14)9-2-3-9/h4-6,9,12H,2-3,14H2,1H3. The Hall–Kier alpha value is -1.33. The lowest BCUT2D eigenvalue weighted by Crippen LogP contribution is -2.12. The molecule has 1 aromatic rings. The van der Waals surface area contributed by atoms with Gasteiger partial charge in [0, 0.05) is 6.04 Å². The van der Waals surface area contributed by atoms with Gasteiger partial charge in [-0.05, 0) is 42.9 Å². The molecular formula is C12H14N2. The van der Waals surface area contributed by atoms with Gasteiger partial charge in [0.2, 0.25) is 0 Å². The van der Waals surface area contributed by atoms with Crippen LogP contribution in [0.15, 0.2) is 18.2 Å². The number of nitriles is 1. The maximum absolute atomic E-state index is 8.79. The normalized spacial score (nSPS) is 17.5. The molecule has 0 bridgehead atoms. The van der Waals surface area contributed by atoms with Gasteiger partial charge in [0.15, 0.2) is 0 Å². The van der Waals surface area contributed by atoms with E-state index in [1.165, 1.54) is 18.4 Å². The van der Waals surface area contributed by atoms with Crippen molar-refractivity contribution < 1.29 is 0 Å². The van der Waals surface area contributed by atoms with Crippen LogP contribution in [-0.2, 0) is 0 Å². The average Bonchev–Trinajstić information content (AvgIpc) is 3.00. The minimum Gasteiger partial charge on any atom is -0.324 e. The summed E-state index contributed by atoms with van der Waals surface area (Å²) in [5, 5.41) is 8.79. The third-order valence-corrected chi connectivity index (χ3v) is 2.89. The minimum absolute atomic E-state index is 0.168. The molecule has 72 valence electrons. The van der Waals surface area contributed by atoms with E-state index in [0.717, 1.165) is 11.1 Å². The smallest absolute Gasteiger partial charge is 0.0994 e. The van der Waals surface area contributed by atoms with Gasteiger partial charge in [0.25, 0.3) is 0 Å². The Kier molecular flexibility index (Phi) is 2.26. The zero-order valence-corrected chi connectivity index (χ0v) is 8.33. The van der Waals surface area contributed by atoms with Crippen LogP contribution in [0, 0.1) is 24.2 Å². The van der Waals surface area contributed by atoms with Crippen LogP contribution >= 0.6 is 0 Å². The molecule has 1 aliphatic carbocycles. The van der Waals surface area contributed by atoms with E-state index >= 15 is 0 Å². The highest BCUT2D eigenvalue weighted by Gasteiger charge is 2.29. The number of rotatable bonds is 2. The minimum atomic E-state index is 0.168. The van der Waals surface area contributed by atoms with Gasteiger partial charge in [-0.1, -0.05) is 12.1 Å². The lowest BCUT2D eigenvalue weighted by Gasteiger charge is -2.11. The summed E-state index contributed by atoms with van der Waals surface area (Å²) in [6.45, 7) is 1.96. The molecule has 1 atom stereocenters. The Bertz CT molecular complexity index is 386. The summed E-state index contributed by atoms with van der Waals surface area (Å²) in [7, 11) is 0. The van der Waals surface area contributed by atoms with Crippen LogP contribution in [0.2, 0.25) is 0 Å². The van der Waals surface area contributed by atoms with Gasteiger partial charge in [-0.15, -0.1) is 0 Å². The first-order chi connectivity index (χ1) is 6.72. The molecule has 0 aliphatic heterocycles. The molecule has 14 heavy (non-hydrogen) atoms. The zero-order chi connectivity index (χ0) is 10.1. The summed E-state index contributed by atoms with van der Waals surface area (Å²) < 4.78 is 0. The van der Waals surface area contributed by atoms with Crippen molar-refractivity contribution in [1.29, 1.82) is 5.26 Å². The lowest BCUT2D eigenvalue weighted by molar-refractivity contribution is 0.633. The van der Waals surface area contributed by atoms with E-state index in [1.807, 2.05) is 25.1 Å². The molecule has 1 fully saturated rings. The molecule has 2 N–H and O–H groups in total. The number of aryl methyl sites for hydroxylation is 1. The van der Waals surface area contributed by atoms with Gasteiger partial charge < -0.3 is 5.73 Å². The van der Waals surface area contributed by atoms with Gasteiger partial charge in [-0.25, -0.2) is 0 Å². The summed E-state index contributed by atoms with van der Waals surface area (Å²) in [6.07, 6.45) is 2.50. The highest BCUT2D eigenvalue weighted by molar-refractivity contribution is 5.40. The fraction of sp³-hybridized carbons (Fsp3) is 0.417. The third kappa shape index (κ3) is 1.64. The molecule has 0 aromatic heterocycles. The Balaban J connectivity index is 2.28. The maximum Gasteiger partial charge on any atom is 0.0994 e. The zero-order valence-electron chi connectivity index (χ0n) is 8.33. The second-order valence-electron chi connectivity index (χ2n) is 4.05. The van der Waals surface area contributed by atoms with Gasteiger partial charge in [-0.2, -0.15) is 5.26 Å². The van der Waals surface area contributed by atoms with Crippen LogP contribution in [-0.4, -0.2) is 0 Å². The van der Waals surface area contributed by atoms with Crippen molar-refractivity contribution in [2.45, 2.75) is 25.8 Å². The van der Waals surface area contributed by atoms with E-state index in [2.05, 4.69) is 6.07 Å². The van der Waals surface area contributed by atoms with E-state index in [1.54, 1.807) is 0 Å². The quantitative estimate of drug-likeness (QED) is 0.770. The Morgan fingerprint density at radius 3 is 2.71 bits per heavy atom. The molecular weight excluding hydrogens is 172 g/mol. The second kappa shape index (κ2) is 3.43. The number of nitrogens with two attached hydrogens (primary N) is 1. The fourth-order valence-electron chi connectivity index (χ4n) is 1.75. The van der Waals surface area contributed by atoms with Crippen LogP contribution < -0.4 is 5.73 Å². The highest BCUT2D eigenvalue weighted by Crippen LogP contribution is 2.39. The Morgan fingerprint density at radius 2 is 2.21 bits per heavy atom. The van der Waals surface area contributed by atoms with E-state index in [0.29, 0.717) is 5.92 Å². The molecule has 2 nitrogen and oxygen atoms in total. The van der Waals surface area contributed by atoms with Crippen LogP contribution in [0.3, 0.4) is 0 Å². The molecule has 0 heterocycles. The SMILES string of the molecule is Cc1cc(C(N)C2CC2)ccc1C#N. The molecule has 0 spiro atoms. The molecule has 1 unspecified atom stereocenters. The van der Waals surface area contributed by atoms with Gasteiger partial charge in [-0.3, -0.25) is 0 Å². The van der Waals surface area contributed by atoms with Crippen molar-refractivity contribution in [3.05, 3.63) is 34.9 Å². The largest absolute Gasteiger partial charge is 0.324 e. The molecule has 0 radical (unpaired) electrons. The molecule has 2 rings (SSSR count). The monoisotopic (exact) mass is 186 g/mol. The highest BCUT2D eigenvalue weighted by atomic mass is 14.7. The van der Waals surface area contributed by atoms with Crippen LogP contribution in [0.1, 0.15) is 35.6 Å². The Labute approximate surface area is 84.3 Å². The van der Waals surface area contributed by atoms with Crippen LogP contribution in [0.25, 0.3) is 0 Å². The summed E-state index contributed by atoms with van der Waals surface area (Å²) in [4.78, 5) is 0. The third-order valence-electron chi connectivity index (χ3n) is 2.89. The first-order valence-electron chi connectivity index (χ1n) is 4.98. The number of benzene rings is 1. The van der Waals surface area contributed by atoms with Crippen molar-refractivity contribution in [2.75, 3.05) is 0 Å². The van der Waals surface area contributed by atoms with Gasteiger partial charge in [0.1, 0.15) is 0 Å². The van der Waals surface area contributed by atoms with Crippen LogP contribution in [0.5, 0.6) is 0 Å². The lowest BCUT2D eigenvalue weighted by atomic mass is 9.99. The number of nitrogens with zero attached hydrogens (tertiary/aromatic N) is 1. The summed E-state index contributed by atoms with van der Waals surface area (Å²) in [5.41, 5.74) is 9.02. The van der Waals surface area contributed by atoms with E-state index in [4.69, 9.17) is 11.0 Å². The summed E-state index contributed by atoms with van der Waals surface area (Å²) in [6, 6.07) is 8.23. The van der Waals surface area contributed by atoms with Crippen molar-refractivity contribution in [2.24, 2.45) is 11.7 Å². The first kappa shape index (κ1) is 9.23. The fourth-order valence-corrected chi connectivity index (χ4v) is 1.75. The second-order valence-corrected chi connectivity index (χ2v) is 4.05. The van der Waals surface area contributed by atoms with Crippen molar-refractivity contribution in [1.82, 2.24) is 0 Å². The number of hydrogen-bond acceptors (Lipinski definition) is 2. The Morgan fingerprint density at radius 1 is 1.50 bits per heavy atom. The molecule has 0 saturated heterocycles. The van der Waals surface area contributed by atoms with Crippen molar-refractivity contribution in [3.8, 4) is 6.07 Å². The molecule has 0 amide bonds. The average molecular weight is 186 g/mol. The van der Waals surface area contributed by atoms with E-state index in [-0.39, 0.29) is 6.04 Å². The first-order valence-corrected chi connectivity index (χ1v) is 4.98. The summed E-state index contributed by atoms with van der Waals surface area (Å²) in [5.74, 6) is 0.669. The van der Waals surface area contributed by atoms with E-state index in [9.17, 15) is 0 Å². The molecule has 1 aromatic carbocycles. The molecule has 1 aliphatic rings.